The minimum atomic E-state index is -0.667. The Morgan fingerprint density at radius 2 is 1.94 bits per heavy atom. The third kappa shape index (κ3) is 3.63. The summed E-state index contributed by atoms with van der Waals surface area (Å²) in [6, 6.07) is 10.1. The minimum Gasteiger partial charge on any atom is -0.384 e. The quantitative estimate of drug-likeness (QED) is 0.633. The molecule has 8 nitrogen and oxygen atoms in total. The second kappa shape index (κ2) is 8.03. The van der Waals surface area contributed by atoms with Gasteiger partial charge in [-0.15, -0.1) is 12.4 Å². The summed E-state index contributed by atoms with van der Waals surface area (Å²) < 4.78 is 0. The van der Waals surface area contributed by atoms with Gasteiger partial charge >= 0.3 is 0 Å². The van der Waals surface area contributed by atoms with Crippen LogP contribution in [-0.2, 0) is 22.6 Å². The van der Waals surface area contributed by atoms with Gasteiger partial charge in [-0.05, 0) is 48.7 Å². The van der Waals surface area contributed by atoms with Gasteiger partial charge in [-0.3, -0.25) is 24.5 Å². The summed E-state index contributed by atoms with van der Waals surface area (Å²) in [5.41, 5.74) is 4.55. The number of carbonyl (C=O) groups is 4. The fraction of sp³-hybridized carbons (Fsp3) is 0.273. The molecule has 0 bridgehead atoms. The van der Waals surface area contributed by atoms with E-state index in [0.717, 1.165) is 29.9 Å². The number of halogens is 1. The maximum atomic E-state index is 12.8. The Labute approximate surface area is 184 Å². The average molecular weight is 441 g/mol. The van der Waals surface area contributed by atoms with E-state index in [2.05, 4.69) is 16.0 Å². The van der Waals surface area contributed by atoms with E-state index in [1.165, 1.54) is 4.90 Å². The number of amides is 4. The average Bonchev–Trinajstić information content (AvgIpc) is 3.33. The monoisotopic (exact) mass is 440 g/mol. The molecule has 2 aromatic rings. The molecule has 1 atom stereocenters. The largest absolute Gasteiger partial charge is 0.384 e. The molecular formula is C22H21ClN4O4. The van der Waals surface area contributed by atoms with Crippen LogP contribution in [0, 0.1) is 0 Å². The van der Waals surface area contributed by atoms with Crippen molar-refractivity contribution in [2.75, 3.05) is 17.2 Å². The third-order valence-corrected chi connectivity index (χ3v) is 5.90. The van der Waals surface area contributed by atoms with Gasteiger partial charge in [0, 0.05) is 47.6 Å². The number of fused-ring (bicyclic) bond motifs is 2. The molecule has 31 heavy (non-hydrogen) atoms. The zero-order chi connectivity index (χ0) is 20.8. The summed E-state index contributed by atoms with van der Waals surface area (Å²) >= 11 is 0. The van der Waals surface area contributed by atoms with E-state index in [-0.39, 0.29) is 43.1 Å². The minimum absolute atomic E-state index is 0. The van der Waals surface area contributed by atoms with Crippen LogP contribution >= 0.6 is 12.4 Å². The summed E-state index contributed by atoms with van der Waals surface area (Å²) in [6.07, 6.45) is 1.37. The molecule has 2 aromatic carbocycles. The van der Waals surface area contributed by atoms with Crippen molar-refractivity contribution in [2.45, 2.75) is 31.8 Å². The van der Waals surface area contributed by atoms with E-state index in [1.54, 1.807) is 18.2 Å². The zero-order valence-corrected chi connectivity index (χ0v) is 17.4. The first-order chi connectivity index (χ1) is 14.5. The Hall–Kier alpha value is -3.39. The first kappa shape index (κ1) is 20.9. The van der Waals surface area contributed by atoms with Crippen LogP contribution < -0.4 is 16.0 Å². The predicted molar refractivity (Wildman–Crippen MR) is 116 cm³/mol. The number of nitrogens with zero attached hydrogens (tertiary/aromatic N) is 1. The Kier molecular flexibility index (Phi) is 5.41. The van der Waals surface area contributed by atoms with Crippen LogP contribution in [0.5, 0.6) is 0 Å². The molecule has 160 valence electrons. The number of piperidine rings is 1. The Bertz CT molecular complexity index is 1120. The number of hydrogen-bond donors (Lipinski definition) is 3. The van der Waals surface area contributed by atoms with Gasteiger partial charge in [-0.25, -0.2) is 0 Å². The fourth-order valence-corrected chi connectivity index (χ4v) is 4.37. The molecule has 0 spiro atoms. The van der Waals surface area contributed by atoms with E-state index in [0.29, 0.717) is 23.1 Å². The number of carbonyl (C=O) groups excluding carboxylic acids is 4. The highest BCUT2D eigenvalue weighted by molar-refractivity contribution is 6.08. The lowest BCUT2D eigenvalue weighted by Gasteiger charge is -2.29. The van der Waals surface area contributed by atoms with Crippen LogP contribution in [0.4, 0.5) is 11.4 Å². The first-order valence-corrected chi connectivity index (χ1v) is 9.96. The van der Waals surface area contributed by atoms with Crippen molar-refractivity contribution >= 4 is 47.4 Å². The normalized spacial score (nSPS) is 19.2. The van der Waals surface area contributed by atoms with Crippen molar-refractivity contribution in [3.8, 4) is 0 Å². The zero-order valence-electron chi connectivity index (χ0n) is 16.6. The van der Waals surface area contributed by atoms with Crippen molar-refractivity contribution in [1.82, 2.24) is 10.2 Å². The number of anilines is 2. The summed E-state index contributed by atoms with van der Waals surface area (Å²) in [6.45, 7) is 1.09. The lowest BCUT2D eigenvalue weighted by molar-refractivity contribution is -0.136. The number of rotatable bonds is 3. The third-order valence-electron chi connectivity index (χ3n) is 5.90. The van der Waals surface area contributed by atoms with Crippen LogP contribution in [-0.4, -0.2) is 41.1 Å². The summed E-state index contributed by atoms with van der Waals surface area (Å²) in [7, 11) is 0. The highest BCUT2D eigenvalue weighted by atomic mass is 35.5. The van der Waals surface area contributed by atoms with Gasteiger partial charge in [0.1, 0.15) is 6.04 Å². The van der Waals surface area contributed by atoms with Crippen LogP contribution in [0.1, 0.15) is 44.7 Å². The van der Waals surface area contributed by atoms with Gasteiger partial charge in [0.25, 0.3) is 11.8 Å². The molecule has 1 saturated heterocycles. The van der Waals surface area contributed by atoms with Gasteiger partial charge < -0.3 is 15.5 Å². The molecule has 0 radical (unpaired) electrons. The molecule has 5 rings (SSSR count). The van der Waals surface area contributed by atoms with E-state index >= 15 is 0 Å². The Morgan fingerprint density at radius 3 is 2.74 bits per heavy atom. The molecular weight excluding hydrogens is 420 g/mol. The molecule has 3 aliphatic rings. The predicted octanol–water partition coefficient (Wildman–Crippen LogP) is 2.09. The molecule has 0 saturated carbocycles. The molecule has 0 aromatic heterocycles. The topological polar surface area (TPSA) is 108 Å². The summed E-state index contributed by atoms with van der Waals surface area (Å²) in [5, 5.41) is 8.54. The SMILES string of the molecule is Cl.O=C1CCC(N2Cc3cc(C(=O)Nc4cccc5c4CCN5)ccc3C2=O)C(=O)N1. The smallest absolute Gasteiger partial charge is 0.255 e. The molecule has 1 unspecified atom stereocenters. The van der Waals surface area contributed by atoms with Gasteiger partial charge in [-0.2, -0.15) is 0 Å². The van der Waals surface area contributed by atoms with E-state index in [1.807, 2.05) is 18.2 Å². The summed E-state index contributed by atoms with van der Waals surface area (Å²) in [5.74, 6) is -1.26. The maximum Gasteiger partial charge on any atom is 0.255 e. The number of imide groups is 1. The molecule has 3 heterocycles. The first-order valence-electron chi connectivity index (χ1n) is 9.96. The highest BCUT2D eigenvalue weighted by Gasteiger charge is 2.39. The fourth-order valence-electron chi connectivity index (χ4n) is 4.37. The van der Waals surface area contributed by atoms with Crippen molar-refractivity contribution in [1.29, 1.82) is 0 Å². The maximum absolute atomic E-state index is 12.8. The van der Waals surface area contributed by atoms with Crippen molar-refractivity contribution in [2.24, 2.45) is 0 Å². The van der Waals surface area contributed by atoms with Crippen molar-refractivity contribution in [3.63, 3.8) is 0 Å². The van der Waals surface area contributed by atoms with Crippen LogP contribution in [0.25, 0.3) is 0 Å². The van der Waals surface area contributed by atoms with Gasteiger partial charge in [0.2, 0.25) is 11.8 Å². The standard InChI is InChI=1S/C22H20N4O4.ClH/c27-19-7-6-18(21(29)25-19)26-11-13-10-12(4-5-14(13)22(26)30)20(28)24-17-3-1-2-16-15(17)8-9-23-16;/h1-5,10,18,23H,6-9,11H2,(H,24,28)(H,25,27,29);1H. The van der Waals surface area contributed by atoms with Gasteiger partial charge in [-0.1, -0.05) is 6.07 Å². The number of benzene rings is 2. The molecule has 0 aliphatic carbocycles. The van der Waals surface area contributed by atoms with E-state index in [9.17, 15) is 19.2 Å². The van der Waals surface area contributed by atoms with Gasteiger partial charge in [0.15, 0.2) is 0 Å². The summed E-state index contributed by atoms with van der Waals surface area (Å²) in [4.78, 5) is 50.6. The lowest BCUT2D eigenvalue weighted by Crippen LogP contribution is -2.52. The number of hydrogen-bond acceptors (Lipinski definition) is 5. The molecule has 4 amide bonds. The second-order valence-corrected chi connectivity index (χ2v) is 7.73. The lowest BCUT2D eigenvalue weighted by atomic mass is 10.0. The van der Waals surface area contributed by atoms with Crippen LogP contribution in [0.2, 0.25) is 0 Å². The van der Waals surface area contributed by atoms with Crippen LogP contribution in [0.3, 0.4) is 0 Å². The van der Waals surface area contributed by atoms with E-state index < -0.39 is 11.9 Å². The molecule has 3 aliphatic heterocycles. The molecule has 9 heteroatoms. The Balaban J connectivity index is 0.00000231. The molecule has 3 N–H and O–H groups in total. The highest BCUT2D eigenvalue weighted by Crippen LogP contribution is 2.31. The van der Waals surface area contributed by atoms with Crippen LogP contribution in [0.15, 0.2) is 36.4 Å². The molecule has 1 fully saturated rings. The Morgan fingerprint density at radius 1 is 1.10 bits per heavy atom. The second-order valence-electron chi connectivity index (χ2n) is 7.73. The van der Waals surface area contributed by atoms with Crippen molar-refractivity contribution in [3.05, 3.63) is 58.7 Å². The number of nitrogens with one attached hydrogen (secondary N) is 3. The van der Waals surface area contributed by atoms with E-state index in [4.69, 9.17) is 0 Å². The van der Waals surface area contributed by atoms with Crippen molar-refractivity contribution < 1.29 is 19.2 Å². The van der Waals surface area contributed by atoms with Gasteiger partial charge in [0.05, 0.1) is 0 Å².